The van der Waals surface area contributed by atoms with Gasteiger partial charge in [0.25, 0.3) is 5.69 Å². The van der Waals surface area contributed by atoms with E-state index in [0.717, 1.165) is 32.6 Å². The minimum Gasteiger partial charge on any atom is -0.496 e. The maximum absolute atomic E-state index is 10.7. The zero-order valence-electron chi connectivity index (χ0n) is 13.9. The van der Waals surface area contributed by atoms with E-state index in [-0.39, 0.29) is 5.69 Å². The number of ether oxygens (including phenoxy) is 1. The molecule has 6 heteroatoms. The largest absolute Gasteiger partial charge is 0.496 e. The summed E-state index contributed by atoms with van der Waals surface area (Å²) in [7, 11) is 1.62. The first-order valence-electron chi connectivity index (χ1n) is 7.79. The van der Waals surface area contributed by atoms with Crippen LogP contribution in [-0.4, -0.2) is 18.2 Å². The second-order valence-corrected chi connectivity index (χ2v) is 6.41. The molecule has 26 heavy (non-hydrogen) atoms. The second-order valence-electron chi connectivity index (χ2n) is 5.50. The van der Waals surface area contributed by atoms with Crippen LogP contribution in [0, 0.1) is 10.1 Å². The average molecular weight is 411 g/mol. The number of halogens is 1. The van der Waals surface area contributed by atoms with E-state index < -0.39 is 4.92 Å². The fourth-order valence-electron chi connectivity index (χ4n) is 2.47. The van der Waals surface area contributed by atoms with Crippen molar-refractivity contribution in [3.63, 3.8) is 0 Å². The van der Waals surface area contributed by atoms with Crippen molar-refractivity contribution in [2.75, 3.05) is 7.11 Å². The molecule has 0 heterocycles. The van der Waals surface area contributed by atoms with Gasteiger partial charge in [-0.2, -0.15) is 0 Å². The molecule has 0 fully saturated rings. The predicted octanol–water partition coefficient (Wildman–Crippen LogP) is 5.78. The van der Waals surface area contributed by atoms with Crippen LogP contribution >= 0.6 is 15.9 Å². The molecule has 0 bridgehead atoms. The van der Waals surface area contributed by atoms with Gasteiger partial charge < -0.3 is 4.74 Å². The second kappa shape index (κ2) is 7.93. The van der Waals surface area contributed by atoms with Crippen molar-refractivity contribution in [1.82, 2.24) is 0 Å². The smallest absolute Gasteiger partial charge is 0.269 e. The summed E-state index contributed by atoms with van der Waals surface area (Å²) in [5.41, 5.74) is 3.65. The number of benzene rings is 3. The highest BCUT2D eigenvalue weighted by molar-refractivity contribution is 9.10. The molecular formula is C20H15BrN2O3. The van der Waals surface area contributed by atoms with E-state index >= 15 is 0 Å². The molecule has 130 valence electrons. The Balaban J connectivity index is 1.79. The Morgan fingerprint density at radius 1 is 1.00 bits per heavy atom. The monoisotopic (exact) mass is 410 g/mol. The van der Waals surface area contributed by atoms with Crippen LogP contribution in [-0.2, 0) is 0 Å². The molecule has 0 aliphatic heterocycles. The molecule has 0 atom stereocenters. The lowest BCUT2D eigenvalue weighted by Crippen LogP contribution is -1.90. The minimum absolute atomic E-state index is 0.0814. The van der Waals surface area contributed by atoms with Crippen LogP contribution in [0.2, 0.25) is 0 Å². The Morgan fingerprint density at radius 3 is 2.19 bits per heavy atom. The van der Waals surface area contributed by atoms with Crippen molar-refractivity contribution in [3.05, 3.63) is 86.9 Å². The molecule has 5 nitrogen and oxygen atoms in total. The number of aliphatic imine (C=N–C) groups is 1. The number of hydrogen-bond donors (Lipinski definition) is 0. The molecule has 0 aromatic heterocycles. The molecule has 0 amide bonds. The van der Waals surface area contributed by atoms with E-state index in [1.807, 2.05) is 42.5 Å². The Morgan fingerprint density at radius 2 is 1.62 bits per heavy atom. The third-order valence-electron chi connectivity index (χ3n) is 3.82. The standard InChI is InChI=1S/C20H15BrN2O3/c1-26-20-11-6-17(21)12-16(20)13-22-18-7-2-14(3-8-18)15-4-9-19(10-5-15)23(24)25/h2-13H,1H3. The van der Waals surface area contributed by atoms with Gasteiger partial charge in [-0.05, 0) is 53.6 Å². The minimum atomic E-state index is -0.405. The van der Waals surface area contributed by atoms with Gasteiger partial charge >= 0.3 is 0 Å². The first kappa shape index (κ1) is 17.8. The number of rotatable bonds is 5. The molecule has 0 spiro atoms. The lowest BCUT2D eigenvalue weighted by atomic mass is 10.1. The fourth-order valence-corrected chi connectivity index (χ4v) is 2.84. The van der Waals surface area contributed by atoms with Crippen molar-refractivity contribution >= 4 is 33.5 Å². The maximum Gasteiger partial charge on any atom is 0.269 e. The van der Waals surface area contributed by atoms with Crippen LogP contribution < -0.4 is 4.74 Å². The average Bonchev–Trinajstić information content (AvgIpc) is 2.67. The van der Waals surface area contributed by atoms with Gasteiger partial charge in [-0.25, -0.2) is 0 Å². The summed E-state index contributed by atoms with van der Waals surface area (Å²) >= 11 is 3.44. The van der Waals surface area contributed by atoms with Gasteiger partial charge in [0, 0.05) is 28.4 Å². The van der Waals surface area contributed by atoms with E-state index in [1.165, 1.54) is 12.1 Å². The predicted molar refractivity (Wildman–Crippen MR) is 106 cm³/mol. The third-order valence-corrected chi connectivity index (χ3v) is 4.32. The van der Waals surface area contributed by atoms with Gasteiger partial charge in [-0.3, -0.25) is 15.1 Å². The lowest BCUT2D eigenvalue weighted by Gasteiger charge is -2.05. The van der Waals surface area contributed by atoms with Gasteiger partial charge in [-0.1, -0.05) is 28.1 Å². The number of non-ortho nitro benzene ring substituents is 1. The topological polar surface area (TPSA) is 64.7 Å². The Kier molecular flexibility index (Phi) is 5.43. The van der Waals surface area contributed by atoms with Crippen molar-refractivity contribution in [3.8, 4) is 16.9 Å². The molecule has 0 radical (unpaired) electrons. The molecule has 0 unspecified atom stereocenters. The van der Waals surface area contributed by atoms with Crippen molar-refractivity contribution in [1.29, 1.82) is 0 Å². The summed E-state index contributed by atoms with van der Waals surface area (Å²) in [5.74, 6) is 0.749. The summed E-state index contributed by atoms with van der Waals surface area (Å²) in [6.45, 7) is 0. The van der Waals surface area contributed by atoms with E-state index in [9.17, 15) is 10.1 Å². The summed E-state index contributed by atoms with van der Waals surface area (Å²) in [6.07, 6.45) is 1.75. The highest BCUT2D eigenvalue weighted by atomic mass is 79.9. The van der Waals surface area contributed by atoms with Gasteiger partial charge in [0.05, 0.1) is 17.7 Å². The van der Waals surface area contributed by atoms with Crippen LogP contribution in [0.1, 0.15) is 5.56 Å². The van der Waals surface area contributed by atoms with E-state index in [0.29, 0.717) is 0 Å². The fraction of sp³-hybridized carbons (Fsp3) is 0.0500. The zero-order chi connectivity index (χ0) is 18.5. The van der Waals surface area contributed by atoms with Crippen LogP contribution in [0.3, 0.4) is 0 Å². The summed E-state index contributed by atoms with van der Waals surface area (Å²) < 4.78 is 6.28. The molecule has 0 saturated carbocycles. The first-order valence-corrected chi connectivity index (χ1v) is 8.58. The SMILES string of the molecule is COc1ccc(Br)cc1C=Nc1ccc(-c2ccc([N+](=O)[O-])cc2)cc1. The number of methoxy groups -OCH3 is 1. The molecule has 0 aliphatic rings. The normalized spacial score (nSPS) is 10.8. The quantitative estimate of drug-likeness (QED) is 0.304. The van der Waals surface area contributed by atoms with Gasteiger partial charge in [0.2, 0.25) is 0 Å². The van der Waals surface area contributed by atoms with Crippen molar-refractivity contribution < 1.29 is 9.66 Å². The van der Waals surface area contributed by atoms with Crippen LogP contribution in [0.4, 0.5) is 11.4 Å². The van der Waals surface area contributed by atoms with Crippen LogP contribution in [0.5, 0.6) is 5.75 Å². The molecule has 3 rings (SSSR count). The summed E-state index contributed by atoms with van der Waals surface area (Å²) in [5, 5.41) is 10.7. The van der Waals surface area contributed by atoms with Gasteiger partial charge in [0.15, 0.2) is 0 Å². The number of nitro benzene ring substituents is 1. The van der Waals surface area contributed by atoms with Crippen LogP contribution in [0.25, 0.3) is 11.1 Å². The van der Waals surface area contributed by atoms with Crippen molar-refractivity contribution in [2.24, 2.45) is 4.99 Å². The molecule has 0 N–H and O–H groups in total. The Labute approximate surface area is 159 Å². The summed E-state index contributed by atoms with van der Waals surface area (Å²) in [4.78, 5) is 14.8. The molecule has 3 aromatic carbocycles. The maximum atomic E-state index is 10.7. The highest BCUT2D eigenvalue weighted by Gasteiger charge is 2.05. The highest BCUT2D eigenvalue weighted by Crippen LogP contribution is 2.26. The molecule has 0 aliphatic carbocycles. The van der Waals surface area contributed by atoms with E-state index in [1.54, 1.807) is 25.5 Å². The van der Waals surface area contributed by atoms with E-state index in [2.05, 4.69) is 20.9 Å². The number of nitrogens with zero attached hydrogens (tertiary/aromatic N) is 2. The first-order chi connectivity index (χ1) is 12.6. The van der Waals surface area contributed by atoms with E-state index in [4.69, 9.17) is 4.74 Å². The lowest BCUT2D eigenvalue weighted by molar-refractivity contribution is -0.384. The molecular weight excluding hydrogens is 396 g/mol. The molecule has 3 aromatic rings. The van der Waals surface area contributed by atoms with Gasteiger partial charge in [-0.15, -0.1) is 0 Å². The summed E-state index contributed by atoms with van der Waals surface area (Å²) in [6, 6.07) is 19.9. The van der Waals surface area contributed by atoms with Crippen LogP contribution in [0.15, 0.2) is 76.2 Å². The Bertz CT molecular complexity index is 952. The molecule has 0 saturated heterocycles. The third kappa shape index (κ3) is 4.15. The number of nitro groups is 1. The zero-order valence-corrected chi connectivity index (χ0v) is 15.5. The van der Waals surface area contributed by atoms with Gasteiger partial charge in [0.1, 0.15) is 5.75 Å². The number of hydrogen-bond acceptors (Lipinski definition) is 4. The van der Waals surface area contributed by atoms with Crippen molar-refractivity contribution in [2.45, 2.75) is 0 Å². The Hall–Kier alpha value is -2.99.